The molecule has 2 nitrogen and oxygen atoms in total. The van der Waals surface area contributed by atoms with Crippen molar-refractivity contribution in [3.05, 3.63) is 22.7 Å². The summed E-state index contributed by atoms with van der Waals surface area (Å²) in [6.45, 7) is 4.42. The van der Waals surface area contributed by atoms with Gasteiger partial charge >= 0.3 is 0 Å². The molecule has 1 spiro atoms. The number of hydrogen-bond donors (Lipinski definition) is 0. The lowest BCUT2D eigenvalue weighted by atomic mass is 9.93. The zero-order chi connectivity index (χ0) is 11.8. The lowest BCUT2D eigenvalue weighted by Crippen LogP contribution is -2.27. The average molecular weight is 285 g/mol. The van der Waals surface area contributed by atoms with E-state index in [0.29, 0.717) is 16.5 Å². The Bertz CT molecular complexity index is 357. The third kappa shape index (κ3) is 2.46. The van der Waals surface area contributed by atoms with Gasteiger partial charge in [0.2, 0.25) is 0 Å². The number of allylic oxidation sites excluding steroid dienone is 2. The van der Waals surface area contributed by atoms with E-state index in [4.69, 9.17) is 4.74 Å². The van der Waals surface area contributed by atoms with Gasteiger partial charge in [0.25, 0.3) is 0 Å². The summed E-state index contributed by atoms with van der Waals surface area (Å²) in [6, 6.07) is 0. The molecule has 0 radical (unpaired) electrons. The fourth-order valence-electron chi connectivity index (χ4n) is 2.37. The Morgan fingerprint density at radius 1 is 1.62 bits per heavy atom. The summed E-state index contributed by atoms with van der Waals surface area (Å²) in [5.74, 6) is 0.684. The Balaban J connectivity index is 2.07. The Labute approximate surface area is 105 Å². The molecular weight excluding hydrogens is 268 g/mol. The van der Waals surface area contributed by atoms with Crippen LogP contribution in [0.1, 0.15) is 33.1 Å². The number of carbonyl (C=O) groups excluding carboxylic acids is 1. The second kappa shape index (κ2) is 4.46. The van der Waals surface area contributed by atoms with Crippen LogP contribution in [0.4, 0.5) is 0 Å². The molecule has 3 heteroatoms. The summed E-state index contributed by atoms with van der Waals surface area (Å²) >= 11 is 3.29. The van der Waals surface area contributed by atoms with E-state index in [1.807, 2.05) is 12.2 Å². The molecule has 88 valence electrons. The molecule has 1 heterocycles. The Hall–Kier alpha value is -0.410. The molecule has 2 rings (SSSR count). The van der Waals surface area contributed by atoms with Gasteiger partial charge in [-0.05, 0) is 59.3 Å². The first kappa shape index (κ1) is 12.1. The van der Waals surface area contributed by atoms with Crippen LogP contribution in [0, 0.1) is 5.92 Å². The molecule has 1 aliphatic heterocycles. The zero-order valence-electron chi connectivity index (χ0n) is 9.70. The van der Waals surface area contributed by atoms with E-state index in [0.717, 1.165) is 19.3 Å². The summed E-state index contributed by atoms with van der Waals surface area (Å²) in [5, 5.41) is 0. The van der Waals surface area contributed by atoms with E-state index in [9.17, 15) is 4.79 Å². The van der Waals surface area contributed by atoms with Crippen molar-refractivity contribution in [3.63, 3.8) is 0 Å². The molecular formula is C13H17BrO2. The molecule has 0 unspecified atom stereocenters. The van der Waals surface area contributed by atoms with Crippen molar-refractivity contribution in [2.24, 2.45) is 5.92 Å². The van der Waals surface area contributed by atoms with E-state index >= 15 is 0 Å². The van der Waals surface area contributed by atoms with E-state index < -0.39 is 0 Å². The summed E-state index contributed by atoms with van der Waals surface area (Å²) in [4.78, 5) is 11.3. The van der Waals surface area contributed by atoms with Crippen LogP contribution in [-0.2, 0) is 9.53 Å². The van der Waals surface area contributed by atoms with Crippen molar-refractivity contribution in [2.45, 2.75) is 44.8 Å². The quantitative estimate of drug-likeness (QED) is 0.777. The van der Waals surface area contributed by atoms with Crippen LogP contribution in [0.15, 0.2) is 22.7 Å². The van der Waals surface area contributed by atoms with Crippen LogP contribution >= 0.6 is 15.9 Å². The van der Waals surface area contributed by atoms with Gasteiger partial charge in [0.1, 0.15) is 5.60 Å². The number of carbonyl (C=O) groups is 1. The Kier molecular flexibility index (Phi) is 3.36. The fourth-order valence-corrected chi connectivity index (χ4v) is 2.89. The molecule has 1 aliphatic carbocycles. The molecule has 0 amide bonds. The minimum absolute atomic E-state index is 0.0292. The summed E-state index contributed by atoms with van der Waals surface area (Å²) in [5.41, 5.74) is -0.327. The molecule has 1 saturated heterocycles. The molecule has 2 atom stereocenters. The zero-order valence-corrected chi connectivity index (χ0v) is 11.3. The number of rotatable bonds is 2. The van der Waals surface area contributed by atoms with E-state index in [1.165, 1.54) is 0 Å². The van der Waals surface area contributed by atoms with Crippen molar-refractivity contribution in [3.8, 4) is 0 Å². The Morgan fingerprint density at radius 2 is 2.38 bits per heavy atom. The van der Waals surface area contributed by atoms with Crippen molar-refractivity contribution in [1.82, 2.24) is 0 Å². The third-order valence-electron chi connectivity index (χ3n) is 3.10. The van der Waals surface area contributed by atoms with Crippen molar-refractivity contribution >= 4 is 21.7 Å². The maximum atomic E-state index is 11.3. The largest absolute Gasteiger partial charge is 0.363 e. The highest BCUT2D eigenvalue weighted by Gasteiger charge is 2.38. The topological polar surface area (TPSA) is 26.3 Å². The number of halogens is 1. The van der Waals surface area contributed by atoms with Gasteiger partial charge in [-0.1, -0.05) is 13.8 Å². The minimum atomic E-state index is -0.327. The van der Waals surface area contributed by atoms with Crippen LogP contribution in [0.2, 0.25) is 0 Å². The monoisotopic (exact) mass is 284 g/mol. The standard InChI is InChI=1S/C13H17BrO2/c1-9(2)7-10-3-5-13(16-10)6-4-12(15)11(14)8-13/h4,6,8-10H,3,5,7H2,1-2H3/t10-,13+/m1/s1. The smallest absolute Gasteiger partial charge is 0.192 e. The molecule has 0 bridgehead atoms. The summed E-state index contributed by atoms with van der Waals surface area (Å²) < 4.78 is 6.70. The first-order valence-corrected chi connectivity index (χ1v) is 6.60. The highest BCUT2D eigenvalue weighted by Crippen LogP contribution is 2.38. The molecule has 0 aromatic carbocycles. The normalized spacial score (nSPS) is 33.9. The third-order valence-corrected chi connectivity index (χ3v) is 3.72. The average Bonchev–Trinajstić information content (AvgIpc) is 2.55. The highest BCUT2D eigenvalue weighted by molar-refractivity contribution is 9.12. The van der Waals surface area contributed by atoms with Crippen LogP contribution < -0.4 is 0 Å². The number of ether oxygens (including phenoxy) is 1. The fraction of sp³-hybridized carbons (Fsp3) is 0.615. The minimum Gasteiger partial charge on any atom is -0.363 e. The van der Waals surface area contributed by atoms with Crippen molar-refractivity contribution < 1.29 is 9.53 Å². The van der Waals surface area contributed by atoms with Gasteiger partial charge < -0.3 is 4.74 Å². The second-order valence-corrected chi connectivity index (χ2v) is 5.91. The van der Waals surface area contributed by atoms with E-state index in [-0.39, 0.29) is 11.4 Å². The van der Waals surface area contributed by atoms with Crippen LogP contribution in [-0.4, -0.2) is 17.5 Å². The maximum absolute atomic E-state index is 11.3. The van der Waals surface area contributed by atoms with Gasteiger partial charge in [0.15, 0.2) is 5.78 Å². The number of ketones is 1. The molecule has 1 fully saturated rings. The van der Waals surface area contributed by atoms with Crippen LogP contribution in [0.5, 0.6) is 0 Å². The SMILES string of the molecule is CC(C)C[C@H]1CC[C@@]2(C=CC(=O)C(Br)=C2)O1. The molecule has 0 N–H and O–H groups in total. The molecule has 0 saturated carbocycles. The van der Waals surface area contributed by atoms with Gasteiger partial charge in [-0.15, -0.1) is 0 Å². The van der Waals surface area contributed by atoms with Gasteiger partial charge in [-0.25, -0.2) is 0 Å². The predicted molar refractivity (Wildman–Crippen MR) is 67.5 cm³/mol. The highest BCUT2D eigenvalue weighted by atomic mass is 79.9. The van der Waals surface area contributed by atoms with Gasteiger partial charge in [0.05, 0.1) is 10.6 Å². The summed E-state index contributed by atoms with van der Waals surface area (Å²) in [6.07, 6.45) is 8.90. The van der Waals surface area contributed by atoms with Gasteiger partial charge in [-0.2, -0.15) is 0 Å². The van der Waals surface area contributed by atoms with E-state index in [2.05, 4.69) is 29.8 Å². The maximum Gasteiger partial charge on any atom is 0.192 e. The first-order chi connectivity index (χ1) is 7.51. The summed E-state index contributed by atoms with van der Waals surface area (Å²) in [7, 11) is 0. The first-order valence-electron chi connectivity index (χ1n) is 5.80. The van der Waals surface area contributed by atoms with Crippen LogP contribution in [0.25, 0.3) is 0 Å². The predicted octanol–water partition coefficient (Wildman–Crippen LogP) is 3.37. The Morgan fingerprint density at radius 3 is 3.00 bits per heavy atom. The van der Waals surface area contributed by atoms with Crippen molar-refractivity contribution in [2.75, 3.05) is 0 Å². The lowest BCUT2D eigenvalue weighted by Gasteiger charge is -2.25. The number of hydrogen-bond acceptors (Lipinski definition) is 2. The van der Waals surface area contributed by atoms with Gasteiger partial charge in [0, 0.05) is 0 Å². The second-order valence-electron chi connectivity index (χ2n) is 5.05. The molecule has 16 heavy (non-hydrogen) atoms. The van der Waals surface area contributed by atoms with Crippen molar-refractivity contribution in [1.29, 1.82) is 0 Å². The lowest BCUT2D eigenvalue weighted by molar-refractivity contribution is -0.111. The van der Waals surface area contributed by atoms with Crippen LogP contribution in [0.3, 0.4) is 0 Å². The molecule has 2 aliphatic rings. The molecule has 0 aromatic rings. The molecule has 0 aromatic heterocycles. The van der Waals surface area contributed by atoms with E-state index in [1.54, 1.807) is 6.08 Å². The van der Waals surface area contributed by atoms with Gasteiger partial charge in [-0.3, -0.25) is 4.79 Å².